The molecule has 1 spiro atoms. The zero-order valence-corrected chi connectivity index (χ0v) is 34.0. The Labute approximate surface area is 357 Å². The summed E-state index contributed by atoms with van der Waals surface area (Å²) in [5.74, 6) is 0.973. The third-order valence-corrected chi connectivity index (χ3v) is 15.1. The molecule has 284 valence electrons. The summed E-state index contributed by atoms with van der Waals surface area (Å²) in [5, 5.41) is 8.78. The van der Waals surface area contributed by atoms with Gasteiger partial charge in [-0.05, 0) is 115 Å². The van der Waals surface area contributed by atoms with Crippen LogP contribution in [0.4, 0.5) is 0 Å². The number of fused-ring (bicyclic) bond motifs is 19. The molecule has 0 saturated carbocycles. The molecule has 3 heteroatoms. The maximum Gasteiger partial charge on any atom is 0.134 e. The summed E-state index contributed by atoms with van der Waals surface area (Å²) in [4.78, 5) is 7.23. The lowest BCUT2D eigenvalue weighted by Crippen LogP contribution is -2.25. The Bertz CT molecular complexity index is 3730. The number of aryl methyl sites for hydroxylation is 1. The highest BCUT2D eigenvalue weighted by Gasteiger charge is 2.51. The first kappa shape index (κ1) is 33.5. The molecule has 0 N–H and O–H groups in total. The van der Waals surface area contributed by atoms with Gasteiger partial charge in [-0.2, -0.15) is 0 Å². The molecule has 0 fully saturated rings. The lowest BCUT2D eigenvalue weighted by atomic mass is 9.70. The van der Waals surface area contributed by atoms with Crippen molar-refractivity contribution in [2.75, 3.05) is 0 Å². The zero-order valence-electron chi connectivity index (χ0n) is 33.2. The molecule has 61 heavy (non-hydrogen) atoms. The van der Waals surface area contributed by atoms with Crippen molar-refractivity contribution in [2.45, 2.75) is 18.3 Å². The monoisotopic (exact) mass is 792 g/mol. The first-order valence-electron chi connectivity index (χ1n) is 21.3. The van der Waals surface area contributed by atoms with E-state index in [0.717, 1.165) is 29.9 Å². The van der Waals surface area contributed by atoms with E-state index < -0.39 is 0 Å². The highest BCUT2D eigenvalue weighted by Crippen LogP contribution is 2.62. The molecule has 0 amide bonds. The Morgan fingerprint density at radius 2 is 1.08 bits per heavy atom. The second kappa shape index (κ2) is 12.4. The van der Waals surface area contributed by atoms with Gasteiger partial charge in [0.15, 0.2) is 0 Å². The standard InChI is InChI=1S/C58H36N2S/c1-2-16-37-34-52-47(32-36(37)15-1)44-30-28-35-14-3-4-17-39(35)56(44)60(52)54-27-13-22-45-43-21-8-12-26-53(43)61-57(45)55(59-54)38-29-31-51-46(33-38)42-20-7-11-25-50(42)58(51)48-23-9-5-18-40(48)41-19-6-10-24-49(41)58/h1-12,14-21,23-34H,13,22H2. The molecule has 14 rings (SSSR count). The average molecular weight is 793 g/mol. The quantitative estimate of drug-likeness (QED) is 0.166. The van der Waals surface area contributed by atoms with Gasteiger partial charge in [0.1, 0.15) is 5.82 Å². The van der Waals surface area contributed by atoms with E-state index in [9.17, 15) is 0 Å². The van der Waals surface area contributed by atoms with Crippen molar-refractivity contribution >= 4 is 76.3 Å². The Balaban J connectivity index is 1.07. The molecule has 0 bridgehead atoms. The van der Waals surface area contributed by atoms with Crippen LogP contribution in [0, 0.1) is 0 Å². The van der Waals surface area contributed by atoms with E-state index in [1.807, 2.05) is 11.3 Å². The summed E-state index contributed by atoms with van der Waals surface area (Å²) >= 11 is 1.89. The van der Waals surface area contributed by atoms with E-state index in [1.54, 1.807) is 0 Å². The fourth-order valence-electron chi connectivity index (χ4n) is 11.4. The van der Waals surface area contributed by atoms with Gasteiger partial charge in [0.2, 0.25) is 0 Å². The largest absolute Gasteiger partial charge is 0.293 e. The number of benzene rings is 9. The van der Waals surface area contributed by atoms with Gasteiger partial charge in [0, 0.05) is 26.4 Å². The van der Waals surface area contributed by atoms with Crippen LogP contribution < -0.4 is 0 Å². The van der Waals surface area contributed by atoms with Gasteiger partial charge >= 0.3 is 0 Å². The number of thiophene rings is 1. The molecular formula is C58H36N2S. The molecular weight excluding hydrogens is 757 g/mol. The molecule has 11 aromatic rings. The van der Waals surface area contributed by atoms with Crippen molar-refractivity contribution < 1.29 is 0 Å². The molecule has 2 nitrogen and oxygen atoms in total. The van der Waals surface area contributed by atoms with Crippen LogP contribution in [0.5, 0.6) is 0 Å². The van der Waals surface area contributed by atoms with Gasteiger partial charge in [-0.3, -0.25) is 4.57 Å². The number of aliphatic imine (C=N–C) groups is 1. The highest BCUT2D eigenvalue weighted by atomic mass is 32.1. The van der Waals surface area contributed by atoms with Crippen molar-refractivity contribution in [3.05, 3.63) is 232 Å². The van der Waals surface area contributed by atoms with Gasteiger partial charge in [0.05, 0.1) is 27.0 Å². The van der Waals surface area contributed by atoms with Gasteiger partial charge in [0.25, 0.3) is 0 Å². The van der Waals surface area contributed by atoms with E-state index in [1.165, 1.54) is 108 Å². The van der Waals surface area contributed by atoms with Crippen molar-refractivity contribution in [1.82, 2.24) is 4.57 Å². The number of aromatic nitrogens is 1. The number of hydrogen-bond acceptors (Lipinski definition) is 2. The summed E-state index contributed by atoms with van der Waals surface area (Å²) in [6, 6.07) is 70.3. The molecule has 3 heterocycles. The molecule has 0 unspecified atom stereocenters. The minimum absolute atomic E-state index is 0.388. The fraction of sp³-hybridized carbons (Fsp3) is 0.0517. The number of rotatable bonds is 2. The molecule has 2 aromatic heterocycles. The SMILES string of the molecule is C1=C(n2c3cc4ccccc4cc3c3ccc4ccccc4c32)N=C(c2ccc3c(c2)-c2ccccc2C32c3ccccc3-c3ccccc32)c2sc3ccccc3c2CC1. The lowest BCUT2D eigenvalue weighted by Gasteiger charge is -2.30. The summed E-state index contributed by atoms with van der Waals surface area (Å²) in [6.45, 7) is 0. The summed E-state index contributed by atoms with van der Waals surface area (Å²) in [6.07, 6.45) is 4.22. The second-order valence-corrected chi connectivity index (χ2v) is 17.9. The van der Waals surface area contributed by atoms with Crippen LogP contribution in [0.15, 0.2) is 199 Å². The van der Waals surface area contributed by atoms with Crippen molar-refractivity contribution in [3.63, 3.8) is 0 Å². The number of allylic oxidation sites excluding steroid dienone is 1. The molecule has 9 aromatic carbocycles. The first-order valence-corrected chi connectivity index (χ1v) is 22.2. The zero-order chi connectivity index (χ0) is 39.8. The Morgan fingerprint density at radius 3 is 1.84 bits per heavy atom. The number of hydrogen-bond donors (Lipinski definition) is 0. The van der Waals surface area contributed by atoms with Crippen molar-refractivity contribution in [1.29, 1.82) is 0 Å². The fourth-order valence-corrected chi connectivity index (χ4v) is 12.6. The van der Waals surface area contributed by atoms with E-state index in [2.05, 4.69) is 199 Å². The number of nitrogens with zero attached hydrogens (tertiary/aromatic N) is 2. The van der Waals surface area contributed by atoms with Crippen LogP contribution >= 0.6 is 11.3 Å². The maximum absolute atomic E-state index is 5.97. The molecule has 0 saturated heterocycles. The second-order valence-electron chi connectivity index (χ2n) is 16.8. The average Bonchev–Trinajstić information content (AvgIpc) is 4.02. The maximum atomic E-state index is 5.97. The Hall–Kier alpha value is -7.33. The van der Waals surface area contributed by atoms with Gasteiger partial charge in [-0.25, -0.2) is 4.99 Å². The third-order valence-electron chi connectivity index (χ3n) is 13.9. The van der Waals surface area contributed by atoms with E-state index >= 15 is 0 Å². The Kier molecular flexibility index (Phi) is 6.79. The van der Waals surface area contributed by atoms with Crippen LogP contribution in [0.25, 0.3) is 81.5 Å². The van der Waals surface area contributed by atoms with E-state index in [-0.39, 0.29) is 5.41 Å². The third kappa shape index (κ3) is 4.43. The predicted octanol–water partition coefficient (Wildman–Crippen LogP) is 14.9. The molecule has 1 aliphatic heterocycles. The van der Waals surface area contributed by atoms with E-state index in [4.69, 9.17) is 4.99 Å². The predicted molar refractivity (Wildman–Crippen MR) is 257 cm³/mol. The van der Waals surface area contributed by atoms with Gasteiger partial charge in [-0.15, -0.1) is 11.3 Å². The molecule has 0 atom stereocenters. The van der Waals surface area contributed by atoms with Crippen molar-refractivity contribution in [2.24, 2.45) is 4.99 Å². The normalized spacial score (nSPS) is 14.8. The Morgan fingerprint density at radius 1 is 0.475 bits per heavy atom. The van der Waals surface area contributed by atoms with Crippen LogP contribution in [0.3, 0.4) is 0 Å². The van der Waals surface area contributed by atoms with Crippen molar-refractivity contribution in [3.8, 4) is 22.3 Å². The molecule has 3 aliphatic rings. The van der Waals surface area contributed by atoms with Crippen LogP contribution in [0.2, 0.25) is 0 Å². The first-order chi connectivity index (χ1) is 30.3. The lowest BCUT2D eigenvalue weighted by molar-refractivity contribution is 0.793. The van der Waals surface area contributed by atoms with Gasteiger partial charge < -0.3 is 0 Å². The summed E-state index contributed by atoms with van der Waals surface area (Å²) in [7, 11) is 0. The van der Waals surface area contributed by atoms with Crippen LogP contribution in [-0.4, -0.2) is 10.3 Å². The van der Waals surface area contributed by atoms with Crippen LogP contribution in [0.1, 0.15) is 44.7 Å². The topological polar surface area (TPSA) is 17.3 Å². The summed E-state index contributed by atoms with van der Waals surface area (Å²) < 4.78 is 3.78. The van der Waals surface area contributed by atoms with Crippen LogP contribution in [-0.2, 0) is 11.8 Å². The van der Waals surface area contributed by atoms with E-state index in [0.29, 0.717) is 0 Å². The molecule has 2 aliphatic carbocycles. The molecule has 0 radical (unpaired) electrons. The minimum Gasteiger partial charge on any atom is -0.293 e. The smallest absolute Gasteiger partial charge is 0.134 e. The summed E-state index contributed by atoms with van der Waals surface area (Å²) in [5.41, 5.74) is 16.2. The minimum atomic E-state index is -0.388. The van der Waals surface area contributed by atoms with Gasteiger partial charge in [-0.1, -0.05) is 164 Å². The highest BCUT2D eigenvalue weighted by molar-refractivity contribution is 7.21.